The summed E-state index contributed by atoms with van der Waals surface area (Å²) < 4.78 is 16.4. The highest BCUT2D eigenvalue weighted by Crippen LogP contribution is 2.62. The first kappa shape index (κ1) is 16.6. The molecule has 1 aromatic carbocycles. The Hall–Kier alpha value is -2.57. The number of carbonyl (C=O) groups is 3. The van der Waals surface area contributed by atoms with Crippen molar-refractivity contribution in [3.05, 3.63) is 23.3 Å². The molecule has 3 heterocycles. The minimum atomic E-state index is -1.47. The molecule has 7 heteroatoms. The SMILES string of the molecule is CCOC(=O)[C@@]12CCCC[C@@]13c1cc4c(cc1CCN3C(=O)C2=O)OCO4. The Kier molecular flexibility index (Phi) is 3.36. The van der Waals surface area contributed by atoms with Crippen LogP contribution in [0.3, 0.4) is 0 Å². The number of esters is 1. The number of Topliss-reactive ketones (excluding diaryl/α,β-unsaturated/α-hetero) is 1. The minimum Gasteiger partial charge on any atom is -0.465 e. The van der Waals surface area contributed by atoms with Gasteiger partial charge >= 0.3 is 5.97 Å². The molecule has 1 saturated carbocycles. The molecule has 27 heavy (non-hydrogen) atoms. The maximum atomic E-state index is 13.2. The number of rotatable bonds is 2. The zero-order valence-electron chi connectivity index (χ0n) is 15.2. The molecule has 1 aliphatic carbocycles. The lowest BCUT2D eigenvalue weighted by atomic mass is 9.56. The molecule has 4 aliphatic rings. The van der Waals surface area contributed by atoms with Crippen LogP contribution < -0.4 is 9.47 Å². The summed E-state index contributed by atoms with van der Waals surface area (Å²) in [6.07, 6.45) is 3.07. The van der Waals surface area contributed by atoms with Crippen molar-refractivity contribution < 1.29 is 28.6 Å². The van der Waals surface area contributed by atoms with E-state index in [1.54, 1.807) is 11.8 Å². The topological polar surface area (TPSA) is 82.1 Å². The fourth-order valence-corrected chi connectivity index (χ4v) is 5.56. The third-order valence-electron chi connectivity index (χ3n) is 6.61. The predicted molar refractivity (Wildman–Crippen MR) is 92.2 cm³/mol. The van der Waals surface area contributed by atoms with Gasteiger partial charge in [0.05, 0.1) is 12.1 Å². The molecule has 2 atom stereocenters. The van der Waals surface area contributed by atoms with Gasteiger partial charge in [0.25, 0.3) is 5.91 Å². The summed E-state index contributed by atoms with van der Waals surface area (Å²) in [5.41, 5.74) is -0.611. The van der Waals surface area contributed by atoms with E-state index in [1.807, 2.05) is 12.1 Å². The van der Waals surface area contributed by atoms with Crippen molar-refractivity contribution in [2.24, 2.45) is 5.41 Å². The van der Waals surface area contributed by atoms with E-state index in [1.165, 1.54) is 0 Å². The lowest BCUT2D eigenvalue weighted by molar-refractivity contribution is -0.169. The van der Waals surface area contributed by atoms with Gasteiger partial charge < -0.3 is 19.1 Å². The number of hydrogen-bond acceptors (Lipinski definition) is 6. The smallest absolute Gasteiger partial charge is 0.323 e. The average Bonchev–Trinajstić information content (AvgIpc) is 3.21. The fourth-order valence-electron chi connectivity index (χ4n) is 5.56. The number of benzene rings is 1. The third-order valence-corrected chi connectivity index (χ3v) is 6.61. The molecule has 1 amide bonds. The Balaban J connectivity index is 1.80. The molecule has 0 aromatic heterocycles. The van der Waals surface area contributed by atoms with Gasteiger partial charge in [0.15, 0.2) is 16.9 Å². The van der Waals surface area contributed by atoms with Gasteiger partial charge in [-0.05, 0) is 49.4 Å². The Morgan fingerprint density at radius 1 is 1.19 bits per heavy atom. The molecule has 1 saturated heterocycles. The summed E-state index contributed by atoms with van der Waals surface area (Å²) in [5.74, 6) is -0.484. The molecule has 0 radical (unpaired) electrons. The summed E-state index contributed by atoms with van der Waals surface area (Å²) in [7, 11) is 0. The second-order valence-corrected chi connectivity index (χ2v) is 7.59. The van der Waals surface area contributed by atoms with Crippen molar-refractivity contribution >= 4 is 17.7 Å². The molecular formula is C20H21NO6. The van der Waals surface area contributed by atoms with Crippen LogP contribution in [-0.2, 0) is 31.1 Å². The van der Waals surface area contributed by atoms with E-state index in [-0.39, 0.29) is 13.4 Å². The fraction of sp³-hybridized carbons (Fsp3) is 0.550. The Labute approximate surface area is 156 Å². The minimum absolute atomic E-state index is 0.149. The van der Waals surface area contributed by atoms with Gasteiger partial charge in [-0.3, -0.25) is 14.4 Å². The molecule has 1 spiro atoms. The summed E-state index contributed by atoms with van der Waals surface area (Å²) in [6.45, 7) is 2.45. The zero-order valence-corrected chi connectivity index (χ0v) is 15.2. The molecule has 0 unspecified atom stereocenters. The van der Waals surface area contributed by atoms with Gasteiger partial charge in [0.2, 0.25) is 12.6 Å². The van der Waals surface area contributed by atoms with Gasteiger partial charge in [-0.1, -0.05) is 12.8 Å². The highest BCUT2D eigenvalue weighted by atomic mass is 16.7. The van der Waals surface area contributed by atoms with Crippen LogP contribution in [0.25, 0.3) is 0 Å². The van der Waals surface area contributed by atoms with Crippen molar-refractivity contribution in [3.8, 4) is 11.5 Å². The van der Waals surface area contributed by atoms with Crippen molar-refractivity contribution in [2.45, 2.75) is 44.6 Å². The highest BCUT2D eigenvalue weighted by Gasteiger charge is 2.75. The highest BCUT2D eigenvalue weighted by molar-refractivity contribution is 6.45. The standard InChI is InChI=1S/C20H21NO6/c1-2-25-18(24)19-6-3-4-7-20(19)13-10-15-14(26-11-27-15)9-12(13)5-8-21(20)17(23)16(19)22/h9-10H,2-8,11H2,1H3/t19-,20+/m0/s1. The first-order valence-electron chi connectivity index (χ1n) is 9.53. The molecule has 7 nitrogen and oxygen atoms in total. The maximum Gasteiger partial charge on any atom is 0.323 e. The number of ether oxygens (including phenoxy) is 3. The largest absolute Gasteiger partial charge is 0.465 e. The summed E-state index contributed by atoms with van der Waals surface area (Å²) in [6, 6.07) is 3.80. The quantitative estimate of drug-likeness (QED) is 0.447. The molecular weight excluding hydrogens is 350 g/mol. The van der Waals surface area contributed by atoms with E-state index in [4.69, 9.17) is 14.2 Å². The van der Waals surface area contributed by atoms with E-state index >= 15 is 0 Å². The number of carbonyl (C=O) groups excluding carboxylic acids is 3. The van der Waals surface area contributed by atoms with Crippen molar-refractivity contribution in [3.63, 3.8) is 0 Å². The first-order chi connectivity index (χ1) is 13.1. The van der Waals surface area contributed by atoms with Crippen molar-refractivity contribution in [1.82, 2.24) is 4.90 Å². The molecule has 0 N–H and O–H groups in total. The molecule has 5 rings (SSSR count). The van der Waals surface area contributed by atoms with Crippen LogP contribution in [0.1, 0.15) is 43.7 Å². The van der Waals surface area contributed by atoms with Gasteiger partial charge in [0.1, 0.15) is 0 Å². The molecule has 0 bridgehead atoms. The maximum absolute atomic E-state index is 13.2. The number of ketones is 1. The van der Waals surface area contributed by atoms with Crippen LogP contribution in [0.2, 0.25) is 0 Å². The Morgan fingerprint density at radius 3 is 2.70 bits per heavy atom. The van der Waals surface area contributed by atoms with Gasteiger partial charge in [-0.2, -0.15) is 0 Å². The van der Waals surface area contributed by atoms with Crippen LogP contribution in [0, 0.1) is 5.41 Å². The van der Waals surface area contributed by atoms with Crippen LogP contribution in [0.4, 0.5) is 0 Å². The summed E-state index contributed by atoms with van der Waals surface area (Å²) in [4.78, 5) is 41.0. The lowest BCUT2D eigenvalue weighted by Crippen LogP contribution is -2.60. The Bertz CT molecular complexity index is 879. The number of hydrogen-bond donors (Lipinski definition) is 0. The van der Waals surface area contributed by atoms with Crippen LogP contribution in [-0.4, -0.2) is 42.5 Å². The normalized spacial score (nSPS) is 30.6. The molecule has 142 valence electrons. The first-order valence-corrected chi connectivity index (χ1v) is 9.53. The Morgan fingerprint density at radius 2 is 1.93 bits per heavy atom. The van der Waals surface area contributed by atoms with Gasteiger partial charge in [-0.15, -0.1) is 0 Å². The second kappa shape index (κ2) is 5.47. The van der Waals surface area contributed by atoms with E-state index in [2.05, 4.69) is 0 Å². The average molecular weight is 371 g/mol. The molecule has 1 aromatic rings. The summed E-state index contributed by atoms with van der Waals surface area (Å²) >= 11 is 0. The van der Waals surface area contributed by atoms with Crippen LogP contribution >= 0.6 is 0 Å². The van der Waals surface area contributed by atoms with E-state index < -0.39 is 28.6 Å². The predicted octanol–water partition coefficient (Wildman–Crippen LogP) is 1.70. The second-order valence-electron chi connectivity index (χ2n) is 7.59. The van der Waals surface area contributed by atoms with Crippen LogP contribution in [0.15, 0.2) is 12.1 Å². The van der Waals surface area contributed by atoms with Crippen LogP contribution in [0.5, 0.6) is 11.5 Å². The monoisotopic (exact) mass is 371 g/mol. The van der Waals surface area contributed by atoms with Crippen molar-refractivity contribution in [1.29, 1.82) is 0 Å². The number of amides is 1. The van der Waals surface area contributed by atoms with E-state index in [9.17, 15) is 14.4 Å². The van der Waals surface area contributed by atoms with Gasteiger partial charge in [0, 0.05) is 6.54 Å². The number of fused-ring (bicyclic) bond motifs is 2. The van der Waals surface area contributed by atoms with E-state index in [0.29, 0.717) is 43.7 Å². The summed E-state index contributed by atoms with van der Waals surface area (Å²) in [5, 5.41) is 0. The van der Waals surface area contributed by atoms with Gasteiger partial charge in [-0.25, -0.2) is 0 Å². The number of nitrogens with zero attached hydrogens (tertiary/aromatic N) is 1. The van der Waals surface area contributed by atoms with E-state index in [0.717, 1.165) is 17.5 Å². The lowest BCUT2D eigenvalue weighted by Gasteiger charge is -2.52. The zero-order chi connectivity index (χ0) is 18.8. The van der Waals surface area contributed by atoms with Crippen molar-refractivity contribution in [2.75, 3.05) is 19.9 Å². The molecule has 3 aliphatic heterocycles. The molecule has 2 fully saturated rings. The third kappa shape index (κ3) is 1.79.